The Morgan fingerprint density at radius 2 is 1.97 bits per heavy atom. The van der Waals surface area contributed by atoms with Gasteiger partial charge in [0.1, 0.15) is 23.9 Å². The Bertz CT molecular complexity index is 1200. The Kier molecular flexibility index (Phi) is 4.66. The molecule has 0 radical (unpaired) electrons. The second kappa shape index (κ2) is 7.27. The number of halogens is 2. The standard InChI is InChI=1S/C23H19ClFN3O3/c24-17-5-4-16(8-18(17)25)31-10-15(29)9-22-11-23(12-22,13-22)28-21(30)19-6-3-14-2-1-7-26-20(14)27-19/h1-8H,9-13H2,(H,28,30). The summed E-state index contributed by atoms with van der Waals surface area (Å²) >= 11 is 5.64. The molecule has 6 nitrogen and oxygen atoms in total. The zero-order valence-corrected chi connectivity index (χ0v) is 17.3. The number of ether oxygens (including phenoxy) is 1. The van der Waals surface area contributed by atoms with Gasteiger partial charge in [-0.05, 0) is 61.1 Å². The molecule has 1 aromatic carbocycles. The molecule has 158 valence electrons. The van der Waals surface area contributed by atoms with E-state index in [1.165, 1.54) is 12.1 Å². The number of rotatable bonds is 7. The Morgan fingerprint density at radius 1 is 1.16 bits per heavy atom. The van der Waals surface area contributed by atoms with Crippen LogP contribution in [0.3, 0.4) is 0 Å². The van der Waals surface area contributed by atoms with Gasteiger partial charge in [0.05, 0.1) is 5.02 Å². The molecule has 1 N–H and O–H groups in total. The number of hydrogen-bond donors (Lipinski definition) is 1. The lowest BCUT2D eigenvalue weighted by Crippen LogP contribution is -2.75. The average Bonchev–Trinajstić information content (AvgIpc) is 2.71. The van der Waals surface area contributed by atoms with Crippen molar-refractivity contribution in [3.63, 3.8) is 0 Å². The third-order valence-electron chi connectivity index (χ3n) is 6.08. The first-order valence-electron chi connectivity index (χ1n) is 9.99. The average molecular weight is 440 g/mol. The highest BCUT2D eigenvalue weighted by Gasteiger charge is 2.68. The number of hydrogen-bond acceptors (Lipinski definition) is 5. The van der Waals surface area contributed by atoms with Crippen LogP contribution in [-0.2, 0) is 4.79 Å². The molecular weight excluding hydrogens is 421 g/mol. The van der Waals surface area contributed by atoms with Crippen molar-refractivity contribution < 1.29 is 18.7 Å². The van der Waals surface area contributed by atoms with Gasteiger partial charge in [-0.25, -0.2) is 14.4 Å². The number of nitrogens with zero attached hydrogens (tertiary/aromatic N) is 2. The van der Waals surface area contributed by atoms with E-state index in [2.05, 4.69) is 15.3 Å². The molecule has 3 aromatic rings. The zero-order valence-electron chi connectivity index (χ0n) is 16.5. The summed E-state index contributed by atoms with van der Waals surface area (Å²) in [5, 5.41) is 3.97. The second-order valence-corrected chi connectivity index (χ2v) is 9.00. The molecule has 3 aliphatic carbocycles. The van der Waals surface area contributed by atoms with Crippen LogP contribution in [0.5, 0.6) is 5.75 Å². The largest absolute Gasteiger partial charge is 0.486 e. The molecule has 3 saturated carbocycles. The quantitative estimate of drug-likeness (QED) is 0.599. The maximum absolute atomic E-state index is 13.5. The summed E-state index contributed by atoms with van der Waals surface area (Å²) in [6, 6.07) is 11.3. The third kappa shape index (κ3) is 3.74. The number of Topliss-reactive ketones (excluding diaryl/α,β-unsaturated/α-hetero) is 1. The summed E-state index contributed by atoms with van der Waals surface area (Å²) < 4.78 is 18.8. The van der Waals surface area contributed by atoms with Crippen molar-refractivity contribution in [1.29, 1.82) is 0 Å². The van der Waals surface area contributed by atoms with Gasteiger partial charge in [-0.1, -0.05) is 11.6 Å². The minimum absolute atomic E-state index is 0.00930. The molecule has 8 heteroatoms. The van der Waals surface area contributed by atoms with Gasteiger partial charge in [0.2, 0.25) is 0 Å². The van der Waals surface area contributed by atoms with Gasteiger partial charge in [-0.15, -0.1) is 0 Å². The molecule has 2 heterocycles. The molecule has 6 rings (SSSR count). The molecule has 3 aliphatic rings. The van der Waals surface area contributed by atoms with E-state index in [0.717, 1.165) is 30.7 Å². The Labute approximate surface area is 182 Å². The second-order valence-electron chi connectivity index (χ2n) is 8.59. The fourth-order valence-corrected chi connectivity index (χ4v) is 5.02. The van der Waals surface area contributed by atoms with Crippen LogP contribution in [0, 0.1) is 11.2 Å². The van der Waals surface area contributed by atoms with Crippen molar-refractivity contribution in [2.75, 3.05) is 6.61 Å². The third-order valence-corrected chi connectivity index (χ3v) is 6.39. The van der Waals surface area contributed by atoms with Crippen LogP contribution in [0.4, 0.5) is 4.39 Å². The summed E-state index contributed by atoms with van der Waals surface area (Å²) in [5.41, 5.74) is 0.551. The number of pyridine rings is 2. The minimum atomic E-state index is -0.583. The first kappa shape index (κ1) is 19.9. The van der Waals surface area contributed by atoms with E-state index in [9.17, 15) is 14.0 Å². The van der Waals surface area contributed by atoms with Crippen LogP contribution in [0.2, 0.25) is 5.02 Å². The summed E-state index contributed by atoms with van der Waals surface area (Å²) in [4.78, 5) is 33.5. The van der Waals surface area contributed by atoms with Crippen LogP contribution < -0.4 is 10.1 Å². The minimum Gasteiger partial charge on any atom is -0.486 e. The molecular formula is C23H19ClFN3O3. The molecule has 2 aromatic heterocycles. The van der Waals surface area contributed by atoms with Crippen LogP contribution in [-0.4, -0.2) is 33.8 Å². The molecule has 0 spiro atoms. The van der Waals surface area contributed by atoms with E-state index in [1.54, 1.807) is 12.3 Å². The number of amides is 1. The van der Waals surface area contributed by atoms with Crippen molar-refractivity contribution >= 4 is 34.3 Å². The zero-order chi connectivity index (χ0) is 21.6. The number of aromatic nitrogens is 2. The smallest absolute Gasteiger partial charge is 0.270 e. The number of carbonyl (C=O) groups is 2. The number of carbonyl (C=O) groups excluding carboxylic acids is 2. The van der Waals surface area contributed by atoms with Gasteiger partial charge in [-0.2, -0.15) is 0 Å². The normalized spacial score (nSPS) is 23.5. The van der Waals surface area contributed by atoms with E-state index in [4.69, 9.17) is 16.3 Å². The number of fused-ring (bicyclic) bond motifs is 1. The number of nitrogens with one attached hydrogen (secondary N) is 1. The van der Waals surface area contributed by atoms with Gasteiger partial charge < -0.3 is 10.1 Å². The van der Waals surface area contributed by atoms with E-state index in [0.29, 0.717) is 17.8 Å². The van der Waals surface area contributed by atoms with Crippen molar-refractivity contribution in [1.82, 2.24) is 15.3 Å². The van der Waals surface area contributed by atoms with Gasteiger partial charge >= 0.3 is 0 Å². The SMILES string of the molecule is O=C(COc1ccc(Cl)c(F)c1)CC12CC(NC(=O)c3ccc4cccnc4n3)(C1)C2. The summed E-state index contributed by atoms with van der Waals surface area (Å²) in [5.74, 6) is -0.577. The Balaban J connectivity index is 1.12. The van der Waals surface area contributed by atoms with Gasteiger partial charge in [0.25, 0.3) is 5.91 Å². The molecule has 0 unspecified atom stereocenters. The summed E-state index contributed by atoms with van der Waals surface area (Å²) in [6.07, 6.45) is 4.32. The highest BCUT2D eigenvalue weighted by molar-refractivity contribution is 6.30. The molecule has 0 saturated heterocycles. The molecule has 3 fully saturated rings. The van der Waals surface area contributed by atoms with Crippen LogP contribution in [0.1, 0.15) is 36.2 Å². The van der Waals surface area contributed by atoms with Gasteiger partial charge in [-0.3, -0.25) is 9.59 Å². The highest BCUT2D eigenvalue weighted by atomic mass is 35.5. The van der Waals surface area contributed by atoms with E-state index in [-0.39, 0.29) is 40.0 Å². The molecule has 2 bridgehead atoms. The number of benzene rings is 1. The van der Waals surface area contributed by atoms with E-state index < -0.39 is 5.82 Å². The molecule has 31 heavy (non-hydrogen) atoms. The lowest BCUT2D eigenvalue weighted by atomic mass is 9.38. The fraction of sp³-hybridized carbons (Fsp3) is 0.304. The lowest BCUT2D eigenvalue weighted by molar-refractivity contribution is -0.162. The maximum atomic E-state index is 13.5. The highest BCUT2D eigenvalue weighted by Crippen LogP contribution is 2.69. The van der Waals surface area contributed by atoms with Crippen molar-refractivity contribution in [2.45, 2.75) is 31.2 Å². The van der Waals surface area contributed by atoms with Crippen molar-refractivity contribution in [3.8, 4) is 5.75 Å². The van der Waals surface area contributed by atoms with Crippen molar-refractivity contribution in [3.05, 3.63) is 65.2 Å². The van der Waals surface area contributed by atoms with Crippen LogP contribution >= 0.6 is 11.6 Å². The van der Waals surface area contributed by atoms with E-state index >= 15 is 0 Å². The predicted molar refractivity (Wildman–Crippen MR) is 113 cm³/mol. The van der Waals surface area contributed by atoms with E-state index in [1.807, 2.05) is 18.2 Å². The monoisotopic (exact) mass is 439 g/mol. The van der Waals surface area contributed by atoms with Gasteiger partial charge in [0, 0.05) is 29.6 Å². The Hall–Kier alpha value is -3.06. The lowest BCUT2D eigenvalue weighted by Gasteiger charge is -2.70. The number of ketones is 1. The topological polar surface area (TPSA) is 81.2 Å². The fourth-order valence-electron chi connectivity index (χ4n) is 4.90. The Morgan fingerprint density at radius 3 is 2.74 bits per heavy atom. The molecule has 0 atom stereocenters. The predicted octanol–water partition coefficient (Wildman–Crippen LogP) is 4.11. The van der Waals surface area contributed by atoms with Crippen molar-refractivity contribution in [2.24, 2.45) is 5.41 Å². The maximum Gasteiger partial charge on any atom is 0.270 e. The first-order valence-corrected chi connectivity index (χ1v) is 10.4. The molecule has 0 aliphatic heterocycles. The molecule has 1 amide bonds. The van der Waals surface area contributed by atoms with Crippen LogP contribution in [0.15, 0.2) is 48.7 Å². The summed E-state index contributed by atoms with van der Waals surface area (Å²) in [6.45, 7) is -0.115. The first-order chi connectivity index (χ1) is 14.9. The summed E-state index contributed by atoms with van der Waals surface area (Å²) in [7, 11) is 0. The van der Waals surface area contributed by atoms with Gasteiger partial charge in [0.15, 0.2) is 11.4 Å². The van der Waals surface area contributed by atoms with Crippen LogP contribution in [0.25, 0.3) is 11.0 Å².